The van der Waals surface area contributed by atoms with Gasteiger partial charge >= 0.3 is 0 Å². The van der Waals surface area contributed by atoms with E-state index in [4.69, 9.17) is 11.6 Å². The highest BCUT2D eigenvalue weighted by molar-refractivity contribution is 6.22. The second kappa shape index (κ2) is 5.21. The summed E-state index contributed by atoms with van der Waals surface area (Å²) in [5.74, 6) is -3.03. The summed E-state index contributed by atoms with van der Waals surface area (Å²) in [7, 11) is 0. The molecular weight excluding hydrogens is 280 g/mol. The largest absolute Gasteiger partial charge is 0.207 e. The van der Waals surface area contributed by atoms with E-state index in [-0.39, 0.29) is 16.7 Å². The van der Waals surface area contributed by atoms with E-state index < -0.39 is 28.6 Å². The van der Waals surface area contributed by atoms with E-state index >= 15 is 0 Å². The summed E-state index contributed by atoms with van der Waals surface area (Å²) in [6.45, 7) is 1.41. The molecule has 0 aliphatic heterocycles. The van der Waals surface area contributed by atoms with E-state index in [1.54, 1.807) is 0 Å². The molecule has 19 heavy (non-hydrogen) atoms. The highest BCUT2D eigenvalue weighted by Gasteiger charge is 2.20. The van der Waals surface area contributed by atoms with Gasteiger partial charge in [0, 0.05) is 17.2 Å². The van der Waals surface area contributed by atoms with Crippen molar-refractivity contribution in [2.75, 3.05) is 0 Å². The topological polar surface area (TPSA) is 0 Å². The molecule has 0 heterocycles. The molecular formula is C14H9ClF4. The second-order valence-corrected chi connectivity index (χ2v) is 4.59. The van der Waals surface area contributed by atoms with E-state index in [9.17, 15) is 17.6 Å². The Labute approximate surface area is 112 Å². The minimum Gasteiger partial charge on any atom is -0.207 e. The highest BCUT2D eigenvalue weighted by Crippen LogP contribution is 2.33. The van der Waals surface area contributed by atoms with Gasteiger partial charge in [-0.25, -0.2) is 17.6 Å². The Balaban J connectivity index is 2.49. The summed E-state index contributed by atoms with van der Waals surface area (Å²) in [4.78, 5) is 0. The minimum absolute atomic E-state index is 0.106. The fourth-order valence-electron chi connectivity index (χ4n) is 1.73. The van der Waals surface area contributed by atoms with Gasteiger partial charge in [0.05, 0.1) is 5.38 Å². The normalized spacial score (nSPS) is 12.5. The van der Waals surface area contributed by atoms with Gasteiger partial charge in [0.1, 0.15) is 23.3 Å². The first-order valence-electron chi connectivity index (χ1n) is 5.44. The highest BCUT2D eigenvalue weighted by atomic mass is 35.5. The Bertz CT molecular complexity index is 625. The zero-order valence-electron chi connectivity index (χ0n) is 9.85. The summed E-state index contributed by atoms with van der Waals surface area (Å²) in [6, 6.07) is 4.68. The Hall–Kier alpha value is -1.55. The van der Waals surface area contributed by atoms with Crippen LogP contribution in [-0.4, -0.2) is 0 Å². The van der Waals surface area contributed by atoms with Gasteiger partial charge in [-0.15, -0.1) is 11.6 Å². The van der Waals surface area contributed by atoms with Crippen LogP contribution < -0.4 is 0 Å². The van der Waals surface area contributed by atoms with Crippen LogP contribution in [0, 0.1) is 30.2 Å². The van der Waals surface area contributed by atoms with Crippen LogP contribution in [0.25, 0.3) is 0 Å². The fraction of sp³-hybridized carbons (Fsp3) is 0.143. The molecule has 0 saturated heterocycles. The first kappa shape index (κ1) is 13.9. The van der Waals surface area contributed by atoms with E-state index in [0.717, 1.165) is 24.3 Å². The second-order valence-electron chi connectivity index (χ2n) is 4.15. The van der Waals surface area contributed by atoms with E-state index in [1.807, 2.05) is 0 Å². The molecule has 5 heteroatoms. The van der Waals surface area contributed by atoms with Crippen molar-refractivity contribution in [2.24, 2.45) is 0 Å². The predicted molar refractivity (Wildman–Crippen MR) is 65.1 cm³/mol. The van der Waals surface area contributed by atoms with E-state index in [0.29, 0.717) is 6.07 Å². The van der Waals surface area contributed by atoms with Crippen LogP contribution in [0.4, 0.5) is 17.6 Å². The van der Waals surface area contributed by atoms with Gasteiger partial charge in [0.15, 0.2) is 0 Å². The SMILES string of the molecule is Cc1cc(F)c(C(Cl)c2ccc(F)cc2F)cc1F. The lowest BCUT2D eigenvalue weighted by Gasteiger charge is -2.13. The molecule has 0 nitrogen and oxygen atoms in total. The van der Waals surface area contributed by atoms with E-state index in [2.05, 4.69) is 0 Å². The zero-order valence-corrected chi connectivity index (χ0v) is 10.6. The smallest absolute Gasteiger partial charge is 0.131 e. The Morgan fingerprint density at radius 1 is 0.842 bits per heavy atom. The molecule has 2 aromatic carbocycles. The minimum atomic E-state index is -1.23. The Morgan fingerprint density at radius 3 is 2.11 bits per heavy atom. The van der Waals surface area contributed by atoms with E-state index in [1.165, 1.54) is 6.92 Å². The molecule has 0 aliphatic rings. The maximum Gasteiger partial charge on any atom is 0.131 e. The van der Waals surface area contributed by atoms with Gasteiger partial charge in [0.25, 0.3) is 0 Å². The molecule has 2 rings (SSSR count). The van der Waals surface area contributed by atoms with Crippen LogP contribution in [0.1, 0.15) is 22.1 Å². The molecule has 0 N–H and O–H groups in total. The first-order valence-corrected chi connectivity index (χ1v) is 5.88. The maximum absolute atomic E-state index is 13.7. The molecule has 1 unspecified atom stereocenters. The van der Waals surface area contributed by atoms with Crippen LogP contribution in [0.15, 0.2) is 30.3 Å². The standard InChI is InChI=1S/C14H9ClF4/c1-7-4-12(18)10(6-11(7)17)14(15)9-3-2-8(16)5-13(9)19/h2-6,14H,1H3. The van der Waals surface area contributed by atoms with Crippen molar-refractivity contribution in [3.8, 4) is 0 Å². The Kier molecular flexibility index (Phi) is 3.80. The number of hydrogen-bond donors (Lipinski definition) is 0. The van der Waals surface area contributed by atoms with Crippen LogP contribution in [0.3, 0.4) is 0 Å². The van der Waals surface area contributed by atoms with Crippen molar-refractivity contribution in [3.05, 3.63) is 70.3 Å². The first-order chi connectivity index (χ1) is 8.90. The average molecular weight is 289 g/mol. The van der Waals surface area contributed by atoms with Gasteiger partial charge in [-0.3, -0.25) is 0 Å². The molecule has 2 aromatic rings. The average Bonchev–Trinajstić information content (AvgIpc) is 2.33. The Morgan fingerprint density at radius 2 is 1.47 bits per heavy atom. The third-order valence-corrected chi connectivity index (χ3v) is 3.26. The summed E-state index contributed by atoms with van der Waals surface area (Å²) < 4.78 is 53.5. The molecule has 0 saturated carbocycles. The number of alkyl halides is 1. The molecule has 0 bridgehead atoms. The summed E-state index contributed by atoms with van der Waals surface area (Å²) in [6.07, 6.45) is 0. The van der Waals surface area contributed by atoms with Gasteiger partial charge in [-0.2, -0.15) is 0 Å². The summed E-state index contributed by atoms with van der Waals surface area (Å²) in [5.41, 5.74) is -0.162. The summed E-state index contributed by atoms with van der Waals surface area (Å²) in [5, 5.41) is -1.23. The van der Waals surface area contributed by atoms with Crippen LogP contribution >= 0.6 is 11.6 Å². The predicted octanol–water partition coefficient (Wildman–Crippen LogP) is 4.88. The molecule has 0 aliphatic carbocycles. The molecule has 0 spiro atoms. The van der Waals surface area contributed by atoms with Crippen molar-refractivity contribution in [2.45, 2.75) is 12.3 Å². The number of aryl methyl sites for hydroxylation is 1. The number of benzene rings is 2. The summed E-state index contributed by atoms with van der Waals surface area (Å²) >= 11 is 5.95. The van der Waals surface area contributed by atoms with Crippen molar-refractivity contribution in [1.29, 1.82) is 0 Å². The van der Waals surface area contributed by atoms with Crippen molar-refractivity contribution < 1.29 is 17.6 Å². The molecule has 0 fully saturated rings. The van der Waals surface area contributed by atoms with Crippen LogP contribution in [-0.2, 0) is 0 Å². The third-order valence-electron chi connectivity index (χ3n) is 2.79. The number of halogens is 5. The molecule has 100 valence electrons. The lowest BCUT2D eigenvalue weighted by molar-refractivity contribution is 0.564. The third kappa shape index (κ3) is 2.73. The van der Waals surface area contributed by atoms with Crippen molar-refractivity contribution in [1.82, 2.24) is 0 Å². The lowest BCUT2D eigenvalue weighted by atomic mass is 10.0. The molecule has 0 radical (unpaired) electrons. The van der Waals surface area contributed by atoms with Crippen LogP contribution in [0.5, 0.6) is 0 Å². The van der Waals surface area contributed by atoms with Gasteiger partial charge in [-0.1, -0.05) is 6.07 Å². The number of hydrogen-bond acceptors (Lipinski definition) is 0. The van der Waals surface area contributed by atoms with Gasteiger partial charge in [-0.05, 0) is 30.7 Å². The molecule has 0 aromatic heterocycles. The zero-order chi connectivity index (χ0) is 14.2. The quantitative estimate of drug-likeness (QED) is 0.546. The lowest BCUT2D eigenvalue weighted by Crippen LogP contribution is -2.02. The van der Waals surface area contributed by atoms with Gasteiger partial charge < -0.3 is 0 Å². The van der Waals surface area contributed by atoms with Crippen molar-refractivity contribution in [3.63, 3.8) is 0 Å². The van der Waals surface area contributed by atoms with Crippen molar-refractivity contribution >= 4 is 11.6 Å². The molecule has 0 amide bonds. The molecule has 1 atom stereocenters. The fourth-order valence-corrected chi connectivity index (χ4v) is 2.07. The van der Waals surface area contributed by atoms with Crippen LogP contribution in [0.2, 0.25) is 0 Å². The monoisotopic (exact) mass is 288 g/mol. The maximum atomic E-state index is 13.7. The number of rotatable bonds is 2. The van der Waals surface area contributed by atoms with Gasteiger partial charge in [0.2, 0.25) is 0 Å².